The number of aromatic nitrogens is 1. The van der Waals surface area contributed by atoms with E-state index < -0.39 is 0 Å². The van der Waals surface area contributed by atoms with Crippen LogP contribution in [0.2, 0.25) is 0 Å². The van der Waals surface area contributed by atoms with Gasteiger partial charge in [-0.2, -0.15) is 0 Å². The fourth-order valence-electron chi connectivity index (χ4n) is 1.62. The molecule has 0 aliphatic rings. The Kier molecular flexibility index (Phi) is 4.47. The summed E-state index contributed by atoms with van der Waals surface area (Å²) in [6.07, 6.45) is 4.27. The highest BCUT2D eigenvalue weighted by molar-refractivity contribution is 5.80. The number of Topliss-reactive ketones (excluding diaryl/α,β-unsaturated/α-hetero) is 1. The molecule has 0 aliphatic heterocycles. The number of carbonyl (C=O) groups excluding carboxylic acids is 1. The Morgan fingerprint density at radius 3 is 2.50 bits per heavy atom. The van der Waals surface area contributed by atoms with Gasteiger partial charge < -0.3 is 4.74 Å². The van der Waals surface area contributed by atoms with Crippen LogP contribution in [-0.2, 0) is 11.2 Å². The first-order chi connectivity index (χ1) is 8.84. The minimum absolute atomic E-state index is 0.178. The van der Waals surface area contributed by atoms with Crippen LogP contribution >= 0.6 is 0 Å². The smallest absolute Gasteiger partial charge is 0.140 e. The van der Waals surface area contributed by atoms with Crippen LogP contribution in [0.3, 0.4) is 0 Å². The second-order valence-corrected chi connectivity index (χ2v) is 3.98. The number of carbonyl (C=O) groups is 1. The van der Waals surface area contributed by atoms with Crippen molar-refractivity contribution >= 4 is 5.78 Å². The van der Waals surface area contributed by atoms with Crippen molar-refractivity contribution in [1.29, 1.82) is 0 Å². The van der Waals surface area contributed by atoms with Crippen molar-refractivity contribution in [1.82, 2.24) is 4.98 Å². The maximum Gasteiger partial charge on any atom is 0.140 e. The van der Waals surface area contributed by atoms with Gasteiger partial charge in [-0.15, -0.1) is 0 Å². The Balaban J connectivity index is 1.73. The zero-order valence-corrected chi connectivity index (χ0v) is 10.1. The molecule has 3 nitrogen and oxygen atoms in total. The number of ether oxygens (including phenoxy) is 1. The summed E-state index contributed by atoms with van der Waals surface area (Å²) in [4.78, 5) is 15.6. The molecule has 0 atom stereocenters. The molecule has 0 spiro atoms. The van der Waals surface area contributed by atoms with Gasteiger partial charge in [-0.25, -0.2) is 0 Å². The fourth-order valence-corrected chi connectivity index (χ4v) is 1.62. The van der Waals surface area contributed by atoms with Crippen LogP contribution in [0, 0.1) is 0 Å². The van der Waals surface area contributed by atoms with Gasteiger partial charge in [0.2, 0.25) is 0 Å². The Hall–Kier alpha value is -2.16. The molecule has 3 heteroatoms. The predicted octanol–water partition coefficient (Wildman–Crippen LogP) is 2.66. The van der Waals surface area contributed by atoms with Crippen molar-refractivity contribution in [3.63, 3.8) is 0 Å². The molecule has 0 saturated heterocycles. The lowest BCUT2D eigenvalue weighted by molar-refractivity contribution is -0.118. The van der Waals surface area contributed by atoms with Gasteiger partial charge in [-0.05, 0) is 29.8 Å². The number of rotatable bonds is 6. The second-order valence-electron chi connectivity index (χ2n) is 3.98. The maximum atomic E-state index is 11.7. The molecule has 0 unspecified atom stereocenters. The quantitative estimate of drug-likeness (QED) is 0.780. The summed E-state index contributed by atoms with van der Waals surface area (Å²) in [5.41, 5.74) is 0.995. The van der Waals surface area contributed by atoms with E-state index in [9.17, 15) is 4.79 Å². The summed E-state index contributed by atoms with van der Waals surface area (Å²) >= 11 is 0. The van der Waals surface area contributed by atoms with E-state index in [4.69, 9.17) is 4.74 Å². The lowest BCUT2D eigenvalue weighted by Gasteiger charge is -2.05. The Labute approximate surface area is 106 Å². The topological polar surface area (TPSA) is 39.2 Å². The molecule has 0 N–H and O–H groups in total. The average Bonchev–Trinajstić information content (AvgIpc) is 2.41. The van der Waals surface area contributed by atoms with E-state index in [-0.39, 0.29) is 5.78 Å². The predicted molar refractivity (Wildman–Crippen MR) is 69.5 cm³/mol. The fraction of sp³-hybridized carbons (Fsp3) is 0.200. The first-order valence-corrected chi connectivity index (χ1v) is 5.93. The van der Waals surface area contributed by atoms with Crippen LogP contribution in [-0.4, -0.2) is 17.4 Å². The molecule has 0 amide bonds. The van der Waals surface area contributed by atoms with Crippen molar-refractivity contribution in [3.05, 3.63) is 60.4 Å². The van der Waals surface area contributed by atoms with Crippen LogP contribution < -0.4 is 4.74 Å². The standard InChI is InChI=1S/C15H15NO2/c17-14(12-13-6-9-16-10-7-13)8-11-18-15-4-2-1-3-5-15/h1-7,9-10H,8,11-12H2. The molecule has 1 heterocycles. The van der Waals surface area contributed by atoms with Gasteiger partial charge in [0.05, 0.1) is 6.61 Å². The van der Waals surface area contributed by atoms with E-state index in [1.165, 1.54) is 0 Å². The van der Waals surface area contributed by atoms with Crippen LogP contribution in [0.1, 0.15) is 12.0 Å². The molecule has 2 aromatic rings. The first-order valence-electron chi connectivity index (χ1n) is 5.93. The monoisotopic (exact) mass is 241 g/mol. The molecule has 1 aromatic carbocycles. The van der Waals surface area contributed by atoms with Gasteiger partial charge in [0, 0.05) is 25.2 Å². The van der Waals surface area contributed by atoms with Crippen LogP contribution in [0.4, 0.5) is 0 Å². The van der Waals surface area contributed by atoms with Gasteiger partial charge in [-0.1, -0.05) is 18.2 Å². The number of para-hydroxylation sites is 1. The summed E-state index contributed by atoms with van der Waals surface area (Å²) in [5.74, 6) is 0.978. The lowest BCUT2D eigenvalue weighted by atomic mass is 10.1. The van der Waals surface area contributed by atoms with Crippen molar-refractivity contribution in [2.45, 2.75) is 12.8 Å². The van der Waals surface area contributed by atoms with Crippen LogP contribution in [0.15, 0.2) is 54.9 Å². The van der Waals surface area contributed by atoms with Crippen molar-refractivity contribution < 1.29 is 9.53 Å². The molecule has 2 rings (SSSR count). The normalized spacial score (nSPS) is 10.0. The summed E-state index contributed by atoms with van der Waals surface area (Å²) in [7, 11) is 0. The highest BCUT2D eigenvalue weighted by atomic mass is 16.5. The Morgan fingerprint density at radius 2 is 1.78 bits per heavy atom. The zero-order chi connectivity index (χ0) is 12.6. The molecule has 1 aromatic heterocycles. The molecular weight excluding hydrogens is 226 g/mol. The van der Waals surface area contributed by atoms with E-state index in [2.05, 4.69) is 4.98 Å². The highest BCUT2D eigenvalue weighted by Gasteiger charge is 2.03. The molecule has 0 fully saturated rings. The van der Waals surface area contributed by atoms with E-state index in [0.29, 0.717) is 19.4 Å². The summed E-state index contributed by atoms with van der Waals surface area (Å²) in [6.45, 7) is 0.425. The second kappa shape index (κ2) is 6.55. The van der Waals surface area contributed by atoms with E-state index in [1.807, 2.05) is 42.5 Å². The number of nitrogens with zero attached hydrogens (tertiary/aromatic N) is 1. The summed E-state index contributed by atoms with van der Waals surface area (Å²) < 4.78 is 5.48. The van der Waals surface area contributed by atoms with Crippen LogP contribution in [0.25, 0.3) is 0 Å². The molecule has 92 valence electrons. The molecule has 0 aliphatic carbocycles. The Bertz CT molecular complexity index is 482. The summed E-state index contributed by atoms with van der Waals surface area (Å²) in [5, 5.41) is 0. The van der Waals surface area contributed by atoms with Crippen molar-refractivity contribution in [2.24, 2.45) is 0 Å². The largest absolute Gasteiger partial charge is 0.493 e. The third-order valence-electron chi connectivity index (χ3n) is 2.54. The number of hydrogen-bond donors (Lipinski definition) is 0. The maximum absolute atomic E-state index is 11.7. The van der Waals surface area contributed by atoms with Crippen molar-refractivity contribution in [2.75, 3.05) is 6.61 Å². The van der Waals surface area contributed by atoms with E-state index >= 15 is 0 Å². The molecular formula is C15H15NO2. The first kappa shape index (κ1) is 12.3. The van der Waals surface area contributed by atoms with Gasteiger partial charge in [-0.3, -0.25) is 9.78 Å². The van der Waals surface area contributed by atoms with E-state index in [0.717, 1.165) is 11.3 Å². The van der Waals surface area contributed by atoms with Gasteiger partial charge >= 0.3 is 0 Å². The van der Waals surface area contributed by atoms with Crippen LogP contribution in [0.5, 0.6) is 5.75 Å². The molecule has 0 radical (unpaired) electrons. The Morgan fingerprint density at radius 1 is 1.06 bits per heavy atom. The van der Waals surface area contributed by atoms with Gasteiger partial charge in [0.15, 0.2) is 0 Å². The number of ketones is 1. The zero-order valence-electron chi connectivity index (χ0n) is 10.1. The summed E-state index contributed by atoms with van der Waals surface area (Å²) in [6, 6.07) is 13.2. The lowest BCUT2D eigenvalue weighted by Crippen LogP contribution is -2.08. The minimum Gasteiger partial charge on any atom is -0.493 e. The third kappa shape index (κ3) is 4.01. The number of benzene rings is 1. The van der Waals surface area contributed by atoms with Crippen molar-refractivity contribution in [3.8, 4) is 5.75 Å². The average molecular weight is 241 g/mol. The third-order valence-corrected chi connectivity index (χ3v) is 2.54. The van der Waals surface area contributed by atoms with E-state index in [1.54, 1.807) is 12.4 Å². The minimum atomic E-state index is 0.178. The molecule has 18 heavy (non-hydrogen) atoms. The van der Waals surface area contributed by atoms with Gasteiger partial charge in [0.25, 0.3) is 0 Å². The number of pyridine rings is 1. The highest BCUT2D eigenvalue weighted by Crippen LogP contribution is 2.09. The van der Waals surface area contributed by atoms with Gasteiger partial charge in [0.1, 0.15) is 11.5 Å². The number of hydrogen-bond acceptors (Lipinski definition) is 3. The SMILES string of the molecule is O=C(CCOc1ccccc1)Cc1ccncc1. The molecule has 0 bridgehead atoms. The molecule has 0 saturated carbocycles.